The van der Waals surface area contributed by atoms with E-state index in [-0.39, 0.29) is 22.9 Å². The third kappa shape index (κ3) is 3.11. The summed E-state index contributed by atoms with van der Waals surface area (Å²) < 4.78 is 0. The third-order valence-electron chi connectivity index (χ3n) is 3.01. The van der Waals surface area contributed by atoms with Gasteiger partial charge in [0.2, 0.25) is 0 Å². The molecule has 1 heterocycles. The summed E-state index contributed by atoms with van der Waals surface area (Å²) in [5.74, 6) is -0.332. The molecule has 0 atom stereocenters. The minimum absolute atomic E-state index is 0.115. The topological polar surface area (TPSA) is 96.0 Å². The number of thioether (sulfide) groups is 1. The fraction of sp³-hybridized carbons (Fsp3) is 0.286. The molecule has 8 heteroatoms. The van der Waals surface area contributed by atoms with Crippen LogP contribution in [0.4, 0.5) is 5.69 Å². The summed E-state index contributed by atoms with van der Waals surface area (Å²) in [6.45, 7) is 4.77. The molecule has 2 rings (SSSR count). The summed E-state index contributed by atoms with van der Waals surface area (Å²) in [6, 6.07) is 3.69. The van der Waals surface area contributed by atoms with Crippen LogP contribution in [0.1, 0.15) is 19.4 Å². The van der Waals surface area contributed by atoms with Gasteiger partial charge in [0.15, 0.2) is 5.17 Å². The summed E-state index contributed by atoms with van der Waals surface area (Å²) in [7, 11) is 0. The van der Waals surface area contributed by atoms with Crippen molar-refractivity contribution in [3.05, 3.63) is 38.8 Å². The molecule has 22 heavy (non-hydrogen) atoms. The van der Waals surface area contributed by atoms with Gasteiger partial charge in [0.05, 0.1) is 9.83 Å². The molecule has 1 saturated heterocycles. The van der Waals surface area contributed by atoms with Crippen molar-refractivity contribution in [2.75, 3.05) is 13.1 Å². The van der Waals surface area contributed by atoms with Crippen LogP contribution in [0.3, 0.4) is 0 Å². The second kappa shape index (κ2) is 6.61. The number of phenols is 1. The molecule has 1 aromatic carbocycles. The monoisotopic (exact) mass is 321 g/mol. The van der Waals surface area contributed by atoms with Gasteiger partial charge in [0.1, 0.15) is 5.75 Å². The molecule has 0 aliphatic carbocycles. The van der Waals surface area contributed by atoms with Gasteiger partial charge in [-0.2, -0.15) is 0 Å². The average Bonchev–Trinajstić information content (AvgIpc) is 2.77. The van der Waals surface area contributed by atoms with Crippen LogP contribution in [0, 0.1) is 10.1 Å². The van der Waals surface area contributed by atoms with Crippen LogP contribution in [0.25, 0.3) is 6.08 Å². The number of aliphatic imine (C=N–C) groups is 1. The average molecular weight is 321 g/mol. The minimum Gasteiger partial charge on any atom is -0.507 e. The van der Waals surface area contributed by atoms with Crippen molar-refractivity contribution >= 4 is 34.6 Å². The lowest BCUT2D eigenvalue weighted by Crippen LogP contribution is -2.28. The van der Waals surface area contributed by atoms with Gasteiger partial charge in [0, 0.05) is 30.8 Å². The zero-order valence-corrected chi connectivity index (χ0v) is 13.0. The number of non-ortho nitro benzene ring substituents is 1. The van der Waals surface area contributed by atoms with Crippen LogP contribution in [-0.2, 0) is 4.79 Å². The molecule has 1 aliphatic heterocycles. The van der Waals surface area contributed by atoms with E-state index >= 15 is 0 Å². The summed E-state index contributed by atoms with van der Waals surface area (Å²) in [4.78, 5) is 28.7. The number of carbonyl (C=O) groups is 1. The number of nitro benzene ring substituents is 1. The number of phenolic OH excluding ortho intramolecular Hbond substituents is 1. The highest BCUT2D eigenvalue weighted by Gasteiger charge is 2.32. The van der Waals surface area contributed by atoms with Crippen LogP contribution in [0.5, 0.6) is 5.75 Å². The lowest BCUT2D eigenvalue weighted by molar-refractivity contribution is -0.384. The second-order valence-electron chi connectivity index (χ2n) is 4.42. The molecule has 0 saturated carbocycles. The molecule has 116 valence electrons. The lowest BCUT2D eigenvalue weighted by Gasteiger charge is -2.11. The molecule has 1 fully saturated rings. The van der Waals surface area contributed by atoms with Crippen molar-refractivity contribution in [2.24, 2.45) is 4.99 Å². The van der Waals surface area contributed by atoms with Crippen molar-refractivity contribution in [1.82, 2.24) is 4.90 Å². The molecule has 0 unspecified atom stereocenters. The van der Waals surface area contributed by atoms with E-state index in [1.807, 2.05) is 13.8 Å². The van der Waals surface area contributed by atoms with Gasteiger partial charge in [-0.1, -0.05) is 0 Å². The Kier molecular flexibility index (Phi) is 4.81. The van der Waals surface area contributed by atoms with E-state index in [2.05, 4.69) is 4.99 Å². The van der Waals surface area contributed by atoms with Crippen LogP contribution >= 0.6 is 11.8 Å². The first-order chi connectivity index (χ1) is 10.5. The molecule has 0 bridgehead atoms. The Balaban J connectivity index is 2.41. The quantitative estimate of drug-likeness (QED) is 0.522. The molecule has 7 nitrogen and oxygen atoms in total. The Labute approximate surface area is 131 Å². The van der Waals surface area contributed by atoms with E-state index in [4.69, 9.17) is 0 Å². The fourth-order valence-corrected chi connectivity index (χ4v) is 3.05. The Morgan fingerprint density at radius 3 is 2.77 bits per heavy atom. The predicted octanol–water partition coefficient (Wildman–Crippen LogP) is 2.61. The molecule has 0 aromatic heterocycles. The number of likely N-dealkylation sites (N-methyl/N-ethyl adjacent to an activating group) is 1. The van der Waals surface area contributed by atoms with Crippen LogP contribution < -0.4 is 0 Å². The van der Waals surface area contributed by atoms with Crippen molar-refractivity contribution < 1.29 is 14.8 Å². The highest BCUT2D eigenvalue weighted by molar-refractivity contribution is 8.18. The van der Waals surface area contributed by atoms with E-state index < -0.39 is 4.92 Å². The Morgan fingerprint density at radius 2 is 2.18 bits per heavy atom. The summed E-state index contributed by atoms with van der Waals surface area (Å²) in [5.41, 5.74) is 0.0914. The smallest absolute Gasteiger partial charge is 0.270 e. The molecule has 1 N–H and O–H groups in total. The minimum atomic E-state index is -0.548. The molecular weight excluding hydrogens is 306 g/mol. The van der Waals surface area contributed by atoms with Gasteiger partial charge in [0.25, 0.3) is 11.6 Å². The Bertz CT molecular complexity index is 685. The van der Waals surface area contributed by atoms with Gasteiger partial charge >= 0.3 is 0 Å². The number of rotatable bonds is 4. The first-order valence-electron chi connectivity index (χ1n) is 6.71. The number of hydrogen-bond acceptors (Lipinski definition) is 6. The molecule has 1 aromatic rings. The third-order valence-corrected chi connectivity index (χ3v) is 4.05. The standard InChI is InChI=1S/C14H15N3O4S/c1-3-15-14-16(4-2)13(19)12(22-14)8-9-7-10(17(20)21)5-6-11(9)18/h5-8,18H,3-4H2,1-2H3/b12-8+,15-14?. The van der Waals surface area contributed by atoms with Crippen molar-refractivity contribution in [1.29, 1.82) is 0 Å². The van der Waals surface area contributed by atoms with Crippen molar-refractivity contribution in [2.45, 2.75) is 13.8 Å². The SMILES string of the molecule is CCN=C1S/C(=C/c2cc([N+](=O)[O-])ccc2O)C(=O)N1CC. The van der Waals surface area contributed by atoms with E-state index in [9.17, 15) is 20.0 Å². The highest BCUT2D eigenvalue weighted by atomic mass is 32.2. The zero-order valence-electron chi connectivity index (χ0n) is 12.1. The highest BCUT2D eigenvalue weighted by Crippen LogP contribution is 2.34. The Hall–Kier alpha value is -2.35. The molecule has 1 amide bonds. The summed E-state index contributed by atoms with van der Waals surface area (Å²) in [6.07, 6.45) is 1.45. The number of aromatic hydroxyl groups is 1. The van der Waals surface area contributed by atoms with Gasteiger partial charge in [-0.05, 0) is 37.8 Å². The molecular formula is C14H15N3O4S. The number of hydrogen-bond donors (Lipinski definition) is 1. The van der Waals surface area contributed by atoms with E-state index in [1.165, 1.54) is 40.9 Å². The van der Waals surface area contributed by atoms with Crippen LogP contribution in [-0.4, -0.2) is 39.1 Å². The van der Waals surface area contributed by atoms with E-state index in [0.29, 0.717) is 23.2 Å². The molecule has 0 spiro atoms. The van der Waals surface area contributed by atoms with Crippen molar-refractivity contribution in [3.63, 3.8) is 0 Å². The second-order valence-corrected chi connectivity index (χ2v) is 5.43. The number of nitro groups is 1. The first-order valence-corrected chi connectivity index (χ1v) is 7.52. The van der Waals surface area contributed by atoms with E-state index in [1.54, 1.807) is 0 Å². The van der Waals surface area contributed by atoms with Gasteiger partial charge in [-0.15, -0.1) is 0 Å². The normalized spacial score (nSPS) is 18.5. The number of nitrogens with zero attached hydrogens (tertiary/aromatic N) is 3. The number of benzene rings is 1. The fourth-order valence-electron chi connectivity index (χ4n) is 1.95. The van der Waals surface area contributed by atoms with Gasteiger partial charge in [-0.25, -0.2) is 0 Å². The van der Waals surface area contributed by atoms with E-state index in [0.717, 1.165) is 0 Å². The first kappa shape index (κ1) is 16.0. The maximum absolute atomic E-state index is 12.3. The zero-order chi connectivity index (χ0) is 16.3. The number of amides is 1. The van der Waals surface area contributed by atoms with Gasteiger partial charge < -0.3 is 5.11 Å². The van der Waals surface area contributed by atoms with Crippen molar-refractivity contribution in [3.8, 4) is 5.75 Å². The lowest BCUT2D eigenvalue weighted by atomic mass is 10.1. The molecule has 1 aliphatic rings. The predicted molar refractivity (Wildman–Crippen MR) is 85.7 cm³/mol. The summed E-state index contributed by atoms with van der Waals surface area (Å²) >= 11 is 1.20. The molecule has 0 radical (unpaired) electrons. The number of amidine groups is 1. The maximum Gasteiger partial charge on any atom is 0.270 e. The Morgan fingerprint density at radius 1 is 1.45 bits per heavy atom. The summed E-state index contributed by atoms with van der Waals surface area (Å²) in [5, 5.41) is 21.2. The van der Waals surface area contributed by atoms with Crippen LogP contribution in [0.2, 0.25) is 0 Å². The number of carbonyl (C=O) groups excluding carboxylic acids is 1. The van der Waals surface area contributed by atoms with Gasteiger partial charge in [-0.3, -0.25) is 24.8 Å². The maximum atomic E-state index is 12.3. The largest absolute Gasteiger partial charge is 0.507 e. The van der Waals surface area contributed by atoms with Crippen LogP contribution in [0.15, 0.2) is 28.1 Å².